The molecule has 7 nitrogen and oxygen atoms in total. The molecule has 1 aliphatic heterocycles. The first-order chi connectivity index (χ1) is 9.66. The molecule has 1 saturated heterocycles. The van der Waals surface area contributed by atoms with Crippen molar-refractivity contribution in [1.29, 1.82) is 0 Å². The lowest BCUT2D eigenvalue weighted by molar-refractivity contribution is -0.147. The number of morpholine rings is 1. The van der Waals surface area contributed by atoms with Crippen molar-refractivity contribution in [1.82, 2.24) is 14.9 Å². The largest absolute Gasteiger partial charge is 0.480 e. The summed E-state index contributed by atoms with van der Waals surface area (Å²) in [5.74, 6) is -1.36. The summed E-state index contributed by atoms with van der Waals surface area (Å²) in [5, 5.41) is 9.15. The van der Waals surface area contributed by atoms with Gasteiger partial charge in [0.1, 0.15) is 0 Å². The van der Waals surface area contributed by atoms with Gasteiger partial charge in [-0.2, -0.15) is 0 Å². The molecule has 0 spiro atoms. The van der Waals surface area contributed by atoms with Gasteiger partial charge in [-0.3, -0.25) is 4.79 Å². The number of carboxylic acid groups (broad SMARTS) is 1. The Labute approximate surface area is 114 Å². The average molecular weight is 275 g/mol. The second-order valence-corrected chi connectivity index (χ2v) is 4.56. The molecule has 1 atom stereocenters. The van der Waals surface area contributed by atoms with E-state index in [4.69, 9.17) is 9.84 Å². The van der Waals surface area contributed by atoms with Crippen molar-refractivity contribution in [2.45, 2.75) is 6.04 Å². The van der Waals surface area contributed by atoms with Crippen molar-refractivity contribution in [2.24, 2.45) is 0 Å². The van der Waals surface area contributed by atoms with Gasteiger partial charge in [0.2, 0.25) is 0 Å². The molecule has 1 fully saturated rings. The van der Waals surface area contributed by atoms with E-state index in [1.165, 1.54) is 4.90 Å². The molecule has 3 rings (SSSR count). The summed E-state index contributed by atoms with van der Waals surface area (Å²) in [6.07, 6.45) is 1.55. The average Bonchev–Trinajstić information content (AvgIpc) is 2.93. The zero-order chi connectivity index (χ0) is 14.1. The van der Waals surface area contributed by atoms with E-state index in [-0.39, 0.29) is 19.1 Å². The predicted octanol–water partition coefficient (Wildman–Crippen LogP) is 0.488. The Bertz CT molecular complexity index is 666. The molecule has 7 heteroatoms. The maximum absolute atomic E-state index is 12.5. The number of rotatable bonds is 2. The van der Waals surface area contributed by atoms with E-state index < -0.39 is 12.0 Å². The fourth-order valence-electron chi connectivity index (χ4n) is 2.29. The molecule has 104 valence electrons. The number of carbonyl (C=O) groups excluding carboxylic acids is 1. The van der Waals surface area contributed by atoms with Crippen molar-refractivity contribution in [3.63, 3.8) is 0 Å². The number of nitrogens with zero attached hydrogens (tertiary/aromatic N) is 2. The van der Waals surface area contributed by atoms with Crippen LogP contribution in [-0.4, -0.2) is 57.7 Å². The third kappa shape index (κ3) is 2.12. The molecule has 1 aliphatic rings. The number of imidazole rings is 1. The number of H-pyrrole nitrogens is 1. The molecule has 1 aromatic heterocycles. The SMILES string of the molecule is O=C(O)C1COCCN1C(=O)c1ccc2nc[nH]c2c1. The van der Waals surface area contributed by atoms with Crippen LogP contribution in [0.15, 0.2) is 24.5 Å². The highest BCUT2D eigenvalue weighted by Crippen LogP contribution is 2.16. The van der Waals surface area contributed by atoms with Crippen LogP contribution in [0.25, 0.3) is 11.0 Å². The molecule has 20 heavy (non-hydrogen) atoms. The summed E-state index contributed by atoms with van der Waals surface area (Å²) >= 11 is 0. The number of carboxylic acids is 1. The van der Waals surface area contributed by atoms with E-state index in [2.05, 4.69) is 9.97 Å². The summed E-state index contributed by atoms with van der Waals surface area (Å²) in [6.45, 7) is 0.645. The Morgan fingerprint density at radius 2 is 2.30 bits per heavy atom. The molecule has 0 aliphatic carbocycles. The number of aliphatic carboxylic acids is 1. The maximum Gasteiger partial charge on any atom is 0.328 e. The number of nitrogens with one attached hydrogen (secondary N) is 1. The second kappa shape index (κ2) is 4.93. The zero-order valence-electron chi connectivity index (χ0n) is 10.6. The Balaban J connectivity index is 1.91. The number of fused-ring (bicyclic) bond motifs is 1. The molecule has 0 saturated carbocycles. The number of ether oxygens (including phenoxy) is 1. The molecular formula is C13H13N3O4. The summed E-state index contributed by atoms with van der Waals surface area (Å²) in [6, 6.07) is 4.13. The first-order valence-electron chi connectivity index (χ1n) is 6.21. The maximum atomic E-state index is 12.5. The second-order valence-electron chi connectivity index (χ2n) is 4.56. The molecule has 2 heterocycles. The molecule has 1 unspecified atom stereocenters. The Hall–Kier alpha value is -2.41. The van der Waals surface area contributed by atoms with Crippen LogP contribution < -0.4 is 0 Å². The Morgan fingerprint density at radius 3 is 3.10 bits per heavy atom. The summed E-state index contributed by atoms with van der Waals surface area (Å²) in [7, 11) is 0. The van der Waals surface area contributed by atoms with Crippen molar-refractivity contribution in [3.05, 3.63) is 30.1 Å². The predicted molar refractivity (Wildman–Crippen MR) is 69.4 cm³/mol. The quantitative estimate of drug-likeness (QED) is 0.831. The monoisotopic (exact) mass is 275 g/mol. The number of amides is 1. The lowest BCUT2D eigenvalue weighted by Crippen LogP contribution is -2.52. The van der Waals surface area contributed by atoms with Crippen molar-refractivity contribution >= 4 is 22.9 Å². The van der Waals surface area contributed by atoms with Gasteiger partial charge >= 0.3 is 5.97 Å². The highest BCUT2D eigenvalue weighted by Gasteiger charge is 2.33. The van der Waals surface area contributed by atoms with Crippen LogP contribution in [-0.2, 0) is 9.53 Å². The summed E-state index contributed by atoms with van der Waals surface area (Å²) in [5.41, 5.74) is 1.95. The van der Waals surface area contributed by atoms with E-state index in [1.807, 2.05) is 0 Å². The van der Waals surface area contributed by atoms with Gasteiger partial charge < -0.3 is 19.7 Å². The first-order valence-corrected chi connectivity index (χ1v) is 6.21. The number of hydrogen-bond acceptors (Lipinski definition) is 4. The van der Waals surface area contributed by atoms with Crippen molar-refractivity contribution in [3.8, 4) is 0 Å². The van der Waals surface area contributed by atoms with Gasteiger partial charge in [-0.1, -0.05) is 0 Å². The third-order valence-corrected chi connectivity index (χ3v) is 3.34. The van der Waals surface area contributed by atoms with Gasteiger partial charge in [0, 0.05) is 12.1 Å². The van der Waals surface area contributed by atoms with Crippen LogP contribution in [0.3, 0.4) is 0 Å². The molecular weight excluding hydrogens is 262 g/mol. The lowest BCUT2D eigenvalue weighted by Gasteiger charge is -2.32. The normalized spacial score (nSPS) is 19.2. The van der Waals surface area contributed by atoms with Gasteiger partial charge in [0.25, 0.3) is 5.91 Å². The number of aromatic amines is 1. The lowest BCUT2D eigenvalue weighted by atomic mass is 10.1. The smallest absolute Gasteiger partial charge is 0.328 e. The highest BCUT2D eigenvalue weighted by atomic mass is 16.5. The van der Waals surface area contributed by atoms with Gasteiger partial charge in [-0.05, 0) is 18.2 Å². The fourth-order valence-corrected chi connectivity index (χ4v) is 2.29. The number of carbonyl (C=O) groups is 2. The summed E-state index contributed by atoms with van der Waals surface area (Å²) in [4.78, 5) is 32.0. The standard InChI is InChI=1S/C13H13N3O4/c17-12(16-3-4-20-6-11(16)13(18)19)8-1-2-9-10(5-8)15-7-14-9/h1-2,5,7,11H,3-4,6H2,(H,14,15)(H,18,19). The van der Waals surface area contributed by atoms with E-state index in [1.54, 1.807) is 24.5 Å². The number of benzene rings is 1. The van der Waals surface area contributed by atoms with E-state index in [0.717, 1.165) is 11.0 Å². The van der Waals surface area contributed by atoms with Gasteiger partial charge in [-0.25, -0.2) is 9.78 Å². The first kappa shape index (κ1) is 12.6. The van der Waals surface area contributed by atoms with Crippen molar-refractivity contribution in [2.75, 3.05) is 19.8 Å². The fraction of sp³-hybridized carbons (Fsp3) is 0.308. The van der Waals surface area contributed by atoms with Crippen LogP contribution in [0.1, 0.15) is 10.4 Å². The molecule has 2 aromatic rings. The topological polar surface area (TPSA) is 95.5 Å². The molecule has 1 aromatic carbocycles. The third-order valence-electron chi connectivity index (χ3n) is 3.34. The highest BCUT2D eigenvalue weighted by molar-refractivity contribution is 5.99. The Morgan fingerprint density at radius 1 is 1.45 bits per heavy atom. The van der Waals surface area contributed by atoms with Crippen LogP contribution in [0.4, 0.5) is 0 Å². The zero-order valence-corrected chi connectivity index (χ0v) is 10.6. The van der Waals surface area contributed by atoms with Crippen LogP contribution in [0.5, 0.6) is 0 Å². The molecule has 0 bridgehead atoms. The summed E-state index contributed by atoms with van der Waals surface area (Å²) < 4.78 is 5.13. The van der Waals surface area contributed by atoms with Gasteiger partial charge in [0.05, 0.1) is 30.6 Å². The van der Waals surface area contributed by atoms with Crippen LogP contribution in [0, 0.1) is 0 Å². The van der Waals surface area contributed by atoms with E-state index >= 15 is 0 Å². The minimum Gasteiger partial charge on any atom is -0.480 e. The van der Waals surface area contributed by atoms with E-state index in [0.29, 0.717) is 12.2 Å². The molecule has 2 N–H and O–H groups in total. The van der Waals surface area contributed by atoms with Crippen LogP contribution >= 0.6 is 0 Å². The van der Waals surface area contributed by atoms with Gasteiger partial charge in [-0.15, -0.1) is 0 Å². The minimum absolute atomic E-state index is 0.0212. The molecule has 1 amide bonds. The van der Waals surface area contributed by atoms with Crippen molar-refractivity contribution < 1.29 is 19.4 Å². The molecule has 0 radical (unpaired) electrons. The minimum atomic E-state index is -1.05. The number of aromatic nitrogens is 2. The van der Waals surface area contributed by atoms with E-state index in [9.17, 15) is 9.59 Å². The number of hydrogen-bond donors (Lipinski definition) is 2. The Kier molecular flexibility index (Phi) is 3.11. The van der Waals surface area contributed by atoms with Gasteiger partial charge in [0.15, 0.2) is 6.04 Å². The van der Waals surface area contributed by atoms with Crippen LogP contribution in [0.2, 0.25) is 0 Å².